The highest BCUT2D eigenvalue weighted by Gasteiger charge is 2.33. The van der Waals surface area contributed by atoms with Gasteiger partial charge in [0.2, 0.25) is 5.91 Å². The topological polar surface area (TPSA) is 62.2 Å². The first-order valence-corrected chi connectivity index (χ1v) is 13.7. The van der Waals surface area contributed by atoms with E-state index < -0.39 is 6.10 Å². The Morgan fingerprint density at radius 1 is 1.17 bits per heavy atom. The molecule has 194 valence electrons. The summed E-state index contributed by atoms with van der Waals surface area (Å²) in [4.78, 5) is 18.7. The first kappa shape index (κ1) is 27.7. The minimum atomic E-state index is -0.612. The summed E-state index contributed by atoms with van der Waals surface area (Å²) in [6, 6.07) is 10.3. The first-order valence-electron chi connectivity index (χ1n) is 12.8. The predicted molar refractivity (Wildman–Crippen MR) is 142 cm³/mol. The fourth-order valence-corrected chi connectivity index (χ4v) is 5.31. The maximum absolute atomic E-state index is 13.4. The molecule has 0 unspecified atom stereocenters. The summed E-state index contributed by atoms with van der Waals surface area (Å²) in [5.74, 6) is 1.80. The Balaban J connectivity index is 1.62. The van der Waals surface area contributed by atoms with Gasteiger partial charge in [-0.15, -0.1) is 11.3 Å². The quantitative estimate of drug-likeness (QED) is 0.429. The summed E-state index contributed by atoms with van der Waals surface area (Å²) in [5.41, 5.74) is 2.47. The summed E-state index contributed by atoms with van der Waals surface area (Å²) in [6.07, 6.45) is 0.259. The van der Waals surface area contributed by atoms with Crippen molar-refractivity contribution in [1.29, 1.82) is 0 Å². The van der Waals surface area contributed by atoms with Crippen LogP contribution in [-0.2, 0) is 16.0 Å². The van der Waals surface area contributed by atoms with Crippen molar-refractivity contribution >= 4 is 17.2 Å². The van der Waals surface area contributed by atoms with Crippen LogP contribution in [0.3, 0.4) is 0 Å². The molecule has 2 aromatic rings. The number of hydrogen-bond acceptors (Lipinski definition) is 6. The lowest BCUT2D eigenvalue weighted by molar-refractivity contribution is -0.136. The Morgan fingerprint density at radius 2 is 1.91 bits per heavy atom. The molecule has 0 bridgehead atoms. The van der Waals surface area contributed by atoms with E-state index in [1.807, 2.05) is 28.9 Å². The van der Waals surface area contributed by atoms with Crippen molar-refractivity contribution < 1.29 is 19.4 Å². The Bertz CT molecular complexity index is 912. The smallest absolute Gasteiger partial charge is 0.237 e. The number of likely N-dealkylation sites (N-methyl/N-ethyl adjacent to an activating group) is 1. The molecule has 0 spiro atoms. The number of aliphatic hydroxyl groups excluding tert-OH is 1. The van der Waals surface area contributed by atoms with Crippen LogP contribution in [0.2, 0.25) is 0 Å². The second kappa shape index (κ2) is 13.4. The molecule has 0 saturated heterocycles. The number of carbonyl (C=O) groups is 1. The molecule has 35 heavy (non-hydrogen) atoms. The molecular weight excluding hydrogens is 460 g/mol. The third-order valence-electron chi connectivity index (χ3n) is 6.41. The monoisotopic (exact) mass is 502 g/mol. The zero-order valence-corrected chi connectivity index (χ0v) is 22.7. The van der Waals surface area contributed by atoms with E-state index in [0.29, 0.717) is 44.7 Å². The Labute approximate surface area is 214 Å². The minimum absolute atomic E-state index is 0.0720. The van der Waals surface area contributed by atoms with Crippen LogP contribution in [0.1, 0.15) is 62.6 Å². The number of nitrogens with zero attached hydrogens (tertiary/aromatic N) is 2. The average molecular weight is 503 g/mol. The number of ether oxygens (including phenoxy) is 2. The molecule has 6 nitrogen and oxygen atoms in total. The van der Waals surface area contributed by atoms with E-state index in [-0.39, 0.29) is 25.1 Å². The Morgan fingerprint density at radius 3 is 2.57 bits per heavy atom. The molecule has 1 aromatic carbocycles. The second-order valence-corrected chi connectivity index (χ2v) is 11.1. The SMILES string of the molecule is CCN(CC(=O)N1CCc2sccc2[C@H]1COc1ccc(C(C)C)cc1)C[C@H](O)COCC(C)C. The van der Waals surface area contributed by atoms with Gasteiger partial charge in [-0.2, -0.15) is 0 Å². The van der Waals surface area contributed by atoms with Gasteiger partial charge in [0.05, 0.1) is 25.3 Å². The largest absolute Gasteiger partial charge is 0.491 e. The molecule has 1 aromatic heterocycles. The number of rotatable bonds is 13. The third kappa shape index (κ3) is 8.04. The summed E-state index contributed by atoms with van der Waals surface area (Å²) in [7, 11) is 0. The lowest BCUT2D eigenvalue weighted by Crippen LogP contribution is -2.48. The van der Waals surface area contributed by atoms with Crippen molar-refractivity contribution in [3.63, 3.8) is 0 Å². The van der Waals surface area contributed by atoms with Gasteiger partial charge < -0.3 is 19.5 Å². The molecule has 0 radical (unpaired) electrons. The van der Waals surface area contributed by atoms with Gasteiger partial charge in [-0.05, 0) is 59.5 Å². The Kier molecular flexibility index (Phi) is 10.6. The van der Waals surface area contributed by atoms with Gasteiger partial charge in [-0.3, -0.25) is 9.69 Å². The highest BCUT2D eigenvalue weighted by atomic mass is 32.1. The number of aliphatic hydroxyl groups is 1. The summed E-state index contributed by atoms with van der Waals surface area (Å²) in [5, 5.41) is 12.5. The first-order chi connectivity index (χ1) is 16.8. The standard InChI is InChI=1S/C28H42N2O4S/c1-6-29(15-23(31)18-33-17-20(2)3)16-28(32)30-13-11-27-25(12-14-35-27)26(30)19-34-24-9-7-22(8-10-24)21(4)5/h7-10,12,14,20-21,23,26,31H,6,11,13,15-19H2,1-5H3/t23-,26+/m0/s1. The molecule has 0 saturated carbocycles. The van der Waals surface area contributed by atoms with Gasteiger partial charge in [-0.1, -0.05) is 46.8 Å². The molecule has 0 aliphatic carbocycles. The highest BCUT2D eigenvalue weighted by Crippen LogP contribution is 2.34. The van der Waals surface area contributed by atoms with Crippen LogP contribution in [0, 0.1) is 5.92 Å². The highest BCUT2D eigenvalue weighted by molar-refractivity contribution is 7.10. The van der Waals surface area contributed by atoms with E-state index in [0.717, 1.165) is 12.2 Å². The van der Waals surface area contributed by atoms with E-state index in [1.165, 1.54) is 16.0 Å². The molecule has 0 fully saturated rings. The lowest BCUT2D eigenvalue weighted by Gasteiger charge is -2.37. The molecule has 3 rings (SSSR count). The van der Waals surface area contributed by atoms with Gasteiger partial charge in [-0.25, -0.2) is 0 Å². The fourth-order valence-electron chi connectivity index (χ4n) is 4.38. The number of benzene rings is 1. The third-order valence-corrected chi connectivity index (χ3v) is 7.40. The predicted octanol–water partition coefficient (Wildman–Crippen LogP) is 4.73. The normalized spacial score (nSPS) is 16.7. The lowest BCUT2D eigenvalue weighted by atomic mass is 10.00. The van der Waals surface area contributed by atoms with E-state index >= 15 is 0 Å². The van der Waals surface area contributed by atoms with Crippen molar-refractivity contribution in [3.8, 4) is 5.75 Å². The maximum Gasteiger partial charge on any atom is 0.237 e. The zero-order chi connectivity index (χ0) is 25.4. The molecule has 1 aliphatic heterocycles. The Hall–Kier alpha value is -1.93. The van der Waals surface area contributed by atoms with E-state index in [1.54, 1.807) is 11.3 Å². The van der Waals surface area contributed by atoms with Gasteiger partial charge in [0, 0.05) is 24.6 Å². The van der Waals surface area contributed by atoms with Crippen LogP contribution in [-0.4, -0.2) is 72.9 Å². The van der Waals surface area contributed by atoms with Crippen LogP contribution in [0.25, 0.3) is 0 Å². The van der Waals surface area contributed by atoms with Gasteiger partial charge >= 0.3 is 0 Å². The zero-order valence-electron chi connectivity index (χ0n) is 21.9. The van der Waals surface area contributed by atoms with Gasteiger partial charge in [0.25, 0.3) is 0 Å². The molecular formula is C28H42N2O4S. The van der Waals surface area contributed by atoms with Crippen LogP contribution in [0.5, 0.6) is 5.75 Å². The summed E-state index contributed by atoms with van der Waals surface area (Å²) in [6.45, 7) is 13.9. The summed E-state index contributed by atoms with van der Waals surface area (Å²) < 4.78 is 11.8. The van der Waals surface area contributed by atoms with Crippen LogP contribution in [0.15, 0.2) is 35.7 Å². The van der Waals surface area contributed by atoms with Crippen molar-refractivity contribution in [2.24, 2.45) is 5.92 Å². The van der Waals surface area contributed by atoms with Crippen molar-refractivity contribution in [1.82, 2.24) is 9.80 Å². The maximum atomic E-state index is 13.4. The van der Waals surface area contributed by atoms with Crippen LogP contribution >= 0.6 is 11.3 Å². The molecule has 2 atom stereocenters. The van der Waals surface area contributed by atoms with Crippen molar-refractivity contribution in [3.05, 3.63) is 51.7 Å². The van der Waals surface area contributed by atoms with Crippen molar-refractivity contribution in [2.45, 2.75) is 59.1 Å². The summed E-state index contributed by atoms with van der Waals surface area (Å²) >= 11 is 1.76. The number of fused-ring (bicyclic) bond motifs is 1. The minimum Gasteiger partial charge on any atom is -0.491 e. The second-order valence-electron chi connectivity index (χ2n) is 10.1. The van der Waals surface area contributed by atoms with Crippen LogP contribution in [0.4, 0.5) is 0 Å². The fraction of sp³-hybridized carbons (Fsp3) is 0.607. The van der Waals surface area contributed by atoms with E-state index in [2.05, 4.69) is 51.3 Å². The number of hydrogen-bond donors (Lipinski definition) is 1. The van der Waals surface area contributed by atoms with Crippen LogP contribution < -0.4 is 4.74 Å². The van der Waals surface area contributed by atoms with Crippen molar-refractivity contribution in [2.75, 3.05) is 46.0 Å². The molecule has 1 N–H and O–H groups in total. The number of thiophene rings is 1. The average Bonchev–Trinajstić information content (AvgIpc) is 3.31. The van der Waals surface area contributed by atoms with Gasteiger partial charge in [0.15, 0.2) is 0 Å². The molecule has 7 heteroatoms. The molecule has 1 amide bonds. The van der Waals surface area contributed by atoms with Gasteiger partial charge in [0.1, 0.15) is 12.4 Å². The van der Waals surface area contributed by atoms with E-state index in [9.17, 15) is 9.90 Å². The molecule has 1 aliphatic rings. The number of carbonyl (C=O) groups excluding carboxylic acids is 1. The number of amides is 1. The molecule has 2 heterocycles. The van der Waals surface area contributed by atoms with E-state index in [4.69, 9.17) is 9.47 Å².